The Kier molecular flexibility index (Phi) is 3.36. The lowest BCUT2D eigenvalue weighted by atomic mass is 10.1. The molecule has 64 valence electrons. The van der Waals surface area contributed by atoms with E-state index in [2.05, 4.69) is 19.1 Å². The monoisotopic (exact) mass is 180 g/mol. The second kappa shape index (κ2) is 4.32. The summed E-state index contributed by atoms with van der Waals surface area (Å²) < 4.78 is 0. The minimum Gasteiger partial charge on any atom is -0.0895 e. The molecule has 0 unspecified atom stereocenters. The minimum absolute atomic E-state index is 0.902. The summed E-state index contributed by atoms with van der Waals surface area (Å²) in [7, 11) is 0. The van der Waals surface area contributed by atoms with Crippen LogP contribution < -0.4 is 0 Å². The summed E-state index contributed by atoms with van der Waals surface area (Å²) in [6, 6.07) is 10.3. The molecule has 0 saturated heterocycles. The molecule has 0 radical (unpaired) electrons. The van der Waals surface area contributed by atoms with Gasteiger partial charge in [-0.1, -0.05) is 47.5 Å². The summed E-state index contributed by atoms with van der Waals surface area (Å²) in [5.41, 5.74) is 2.55. The fraction of sp³-hybridized carbons (Fsp3) is 0.273. The molecule has 12 heavy (non-hydrogen) atoms. The zero-order valence-corrected chi connectivity index (χ0v) is 8.23. The highest BCUT2D eigenvalue weighted by Crippen LogP contribution is 2.13. The van der Waals surface area contributed by atoms with Gasteiger partial charge < -0.3 is 0 Å². The van der Waals surface area contributed by atoms with Crippen molar-refractivity contribution in [3.05, 3.63) is 46.5 Å². The standard InChI is InChI=1S/C11H13Cl/c1-9(10(2)12)8-11-6-4-3-5-7-11/h3-7H,8H2,1-2H3. The van der Waals surface area contributed by atoms with Gasteiger partial charge in [-0.15, -0.1) is 0 Å². The van der Waals surface area contributed by atoms with E-state index in [1.165, 1.54) is 11.1 Å². The Morgan fingerprint density at radius 1 is 1.17 bits per heavy atom. The molecule has 1 aromatic rings. The first-order chi connectivity index (χ1) is 5.70. The molecule has 0 nitrogen and oxygen atoms in total. The van der Waals surface area contributed by atoms with Crippen LogP contribution in [0.3, 0.4) is 0 Å². The van der Waals surface area contributed by atoms with Crippen molar-refractivity contribution in [3.63, 3.8) is 0 Å². The summed E-state index contributed by atoms with van der Waals surface area (Å²) in [5, 5.41) is 0.902. The molecule has 1 rings (SSSR count). The third kappa shape index (κ3) is 2.71. The number of rotatable bonds is 2. The molecule has 1 heteroatoms. The quantitative estimate of drug-likeness (QED) is 0.650. The molecule has 0 spiro atoms. The fourth-order valence-electron chi connectivity index (χ4n) is 1.02. The molecule has 0 bridgehead atoms. The lowest BCUT2D eigenvalue weighted by molar-refractivity contribution is 1.13. The highest BCUT2D eigenvalue weighted by Gasteiger charge is 1.95. The maximum atomic E-state index is 5.86. The highest BCUT2D eigenvalue weighted by atomic mass is 35.5. The van der Waals surface area contributed by atoms with Gasteiger partial charge >= 0.3 is 0 Å². The maximum Gasteiger partial charge on any atom is 0.0142 e. The van der Waals surface area contributed by atoms with Crippen molar-refractivity contribution in [1.82, 2.24) is 0 Å². The number of allylic oxidation sites excluding steroid dienone is 2. The fourth-order valence-corrected chi connectivity index (χ4v) is 1.09. The molecule has 0 N–H and O–H groups in total. The molecule has 0 aliphatic carbocycles. The van der Waals surface area contributed by atoms with Crippen LogP contribution >= 0.6 is 11.6 Å². The Morgan fingerprint density at radius 2 is 1.75 bits per heavy atom. The van der Waals surface area contributed by atoms with Crippen molar-refractivity contribution in [2.45, 2.75) is 20.3 Å². The zero-order valence-electron chi connectivity index (χ0n) is 7.47. The predicted octanol–water partition coefficient (Wildman–Crippen LogP) is 3.76. The van der Waals surface area contributed by atoms with Crippen molar-refractivity contribution >= 4 is 11.6 Å². The second-order valence-corrected chi connectivity index (χ2v) is 3.54. The minimum atomic E-state index is 0.902. The van der Waals surface area contributed by atoms with Gasteiger partial charge in [-0.2, -0.15) is 0 Å². The number of hydrogen-bond donors (Lipinski definition) is 0. The van der Waals surface area contributed by atoms with Crippen molar-refractivity contribution in [1.29, 1.82) is 0 Å². The van der Waals surface area contributed by atoms with Crippen LogP contribution in [0.15, 0.2) is 40.9 Å². The van der Waals surface area contributed by atoms with Gasteiger partial charge in [0.15, 0.2) is 0 Å². The first-order valence-electron chi connectivity index (χ1n) is 4.06. The second-order valence-electron chi connectivity index (χ2n) is 2.98. The van der Waals surface area contributed by atoms with Gasteiger partial charge in [-0.25, -0.2) is 0 Å². The van der Waals surface area contributed by atoms with Crippen LogP contribution in [0, 0.1) is 0 Å². The third-order valence-electron chi connectivity index (χ3n) is 1.90. The van der Waals surface area contributed by atoms with E-state index in [4.69, 9.17) is 11.6 Å². The van der Waals surface area contributed by atoms with E-state index in [-0.39, 0.29) is 0 Å². The molecule has 0 aliphatic rings. The van der Waals surface area contributed by atoms with E-state index in [0.717, 1.165) is 11.5 Å². The normalized spacial score (nSPS) is 12.6. The summed E-state index contributed by atoms with van der Waals surface area (Å²) in [6.07, 6.45) is 0.955. The SMILES string of the molecule is CC(Cl)=C(C)Cc1ccccc1. The summed E-state index contributed by atoms with van der Waals surface area (Å²) in [5.74, 6) is 0. The summed E-state index contributed by atoms with van der Waals surface area (Å²) in [4.78, 5) is 0. The first-order valence-corrected chi connectivity index (χ1v) is 4.43. The van der Waals surface area contributed by atoms with Gasteiger partial charge in [-0.05, 0) is 25.8 Å². The van der Waals surface area contributed by atoms with Crippen molar-refractivity contribution < 1.29 is 0 Å². The Balaban J connectivity index is 2.72. The number of halogens is 1. The van der Waals surface area contributed by atoms with Crippen molar-refractivity contribution in [2.75, 3.05) is 0 Å². The molecule has 0 heterocycles. The molecule has 0 saturated carbocycles. The Morgan fingerprint density at radius 3 is 2.25 bits per heavy atom. The van der Waals surface area contributed by atoms with Crippen molar-refractivity contribution in [2.24, 2.45) is 0 Å². The van der Waals surface area contributed by atoms with Gasteiger partial charge in [0.25, 0.3) is 0 Å². The average Bonchev–Trinajstić information content (AvgIpc) is 2.06. The molecule has 0 amide bonds. The molecule has 0 atom stereocenters. The van der Waals surface area contributed by atoms with Crippen LogP contribution in [0.4, 0.5) is 0 Å². The zero-order chi connectivity index (χ0) is 8.97. The van der Waals surface area contributed by atoms with Gasteiger partial charge in [0.05, 0.1) is 0 Å². The number of hydrogen-bond acceptors (Lipinski definition) is 0. The predicted molar refractivity (Wildman–Crippen MR) is 54.4 cm³/mol. The van der Waals surface area contributed by atoms with Crippen molar-refractivity contribution in [3.8, 4) is 0 Å². The lowest BCUT2D eigenvalue weighted by Gasteiger charge is -2.01. The van der Waals surface area contributed by atoms with E-state index in [0.29, 0.717) is 0 Å². The lowest BCUT2D eigenvalue weighted by Crippen LogP contribution is -1.86. The molecule has 0 aromatic heterocycles. The Bertz CT molecular complexity index is 268. The van der Waals surface area contributed by atoms with E-state index < -0.39 is 0 Å². The third-order valence-corrected chi connectivity index (χ3v) is 2.22. The van der Waals surface area contributed by atoms with Crippen LogP contribution in [0.5, 0.6) is 0 Å². The highest BCUT2D eigenvalue weighted by molar-refractivity contribution is 6.29. The molecule has 1 aromatic carbocycles. The van der Waals surface area contributed by atoms with Crippen LogP contribution in [0.1, 0.15) is 19.4 Å². The molecule has 0 fully saturated rings. The van der Waals surface area contributed by atoms with Crippen LogP contribution in [0.2, 0.25) is 0 Å². The van der Waals surface area contributed by atoms with Gasteiger partial charge in [0.1, 0.15) is 0 Å². The van der Waals surface area contributed by atoms with Gasteiger partial charge in [0, 0.05) is 5.03 Å². The average molecular weight is 181 g/mol. The van der Waals surface area contributed by atoms with E-state index in [1.807, 2.05) is 25.1 Å². The van der Waals surface area contributed by atoms with E-state index in [9.17, 15) is 0 Å². The van der Waals surface area contributed by atoms with E-state index in [1.54, 1.807) is 0 Å². The topological polar surface area (TPSA) is 0 Å². The number of benzene rings is 1. The Labute approximate surface area is 78.9 Å². The van der Waals surface area contributed by atoms with Gasteiger partial charge in [-0.3, -0.25) is 0 Å². The Hall–Kier alpha value is -0.750. The first kappa shape index (κ1) is 9.34. The van der Waals surface area contributed by atoms with Crippen LogP contribution in [-0.4, -0.2) is 0 Å². The molecular formula is C11H13Cl. The smallest absolute Gasteiger partial charge is 0.0142 e. The van der Waals surface area contributed by atoms with E-state index >= 15 is 0 Å². The van der Waals surface area contributed by atoms with Crippen LogP contribution in [0.25, 0.3) is 0 Å². The van der Waals surface area contributed by atoms with Crippen LogP contribution in [-0.2, 0) is 6.42 Å². The maximum absolute atomic E-state index is 5.86. The summed E-state index contributed by atoms with van der Waals surface area (Å²) >= 11 is 5.86. The molecule has 0 aliphatic heterocycles. The van der Waals surface area contributed by atoms with Gasteiger partial charge in [0.2, 0.25) is 0 Å². The molecular weight excluding hydrogens is 168 g/mol. The summed E-state index contributed by atoms with van der Waals surface area (Å²) in [6.45, 7) is 4.00. The largest absolute Gasteiger partial charge is 0.0895 e.